The summed E-state index contributed by atoms with van der Waals surface area (Å²) >= 11 is 1.44. The highest BCUT2D eigenvalue weighted by Crippen LogP contribution is 2.28. The summed E-state index contributed by atoms with van der Waals surface area (Å²) in [5, 5.41) is 5.76. The van der Waals surface area contributed by atoms with Crippen molar-refractivity contribution in [3.8, 4) is 10.7 Å². The lowest BCUT2D eigenvalue weighted by atomic mass is 10.3. The van der Waals surface area contributed by atoms with Gasteiger partial charge in [-0.1, -0.05) is 11.2 Å². The number of rotatable bonds is 4. The van der Waals surface area contributed by atoms with Crippen molar-refractivity contribution < 1.29 is 26.5 Å². The van der Waals surface area contributed by atoms with Gasteiger partial charge in [0.2, 0.25) is 15.8 Å². The molecule has 0 N–H and O–H groups in total. The molecule has 1 aliphatic heterocycles. The fourth-order valence-electron chi connectivity index (χ4n) is 2.65. The van der Waals surface area contributed by atoms with Crippen LogP contribution in [0.1, 0.15) is 12.0 Å². The van der Waals surface area contributed by atoms with Crippen molar-refractivity contribution in [1.82, 2.24) is 14.4 Å². The second-order valence-corrected chi connectivity index (χ2v) is 8.62. The van der Waals surface area contributed by atoms with Crippen molar-refractivity contribution in [2.75, 3.05) is 19.7 Å². The van der Waals surface area contributed by atoms with Gasteiger partial charge in [0.25, 0.3) is 5.89 Å². The summed E-state index contributed by atoms with van der Waals surface area (Å²) in [4.78, 5) is 4.75. The summed E-state index contributed by atoms with van der Waals surface area (Å²) in [6, 6.07) is 6.16. The monoisotopic (exact) mass is 413 g/mol. The van der Waals surface area contributed by atoms with Crippen molar-refractivity contribution in [1.29, 1.82) is 0 Å². The molecule has 0 saturated carbocycles. The molecule has 11 heteroatoms. The summed E-state index contributed by atoms with van der Waals surface area (Å²) in [7, 11) is -4.02. The smallest absolute Gasteiger partial charge is 0.257 e. The molecule has 0 aliphatic carbocycles. The predicted octanol–water partition coefficient (Wildman–Crippen LogP) is 2.84. The third-order valence-electron chi connectivity index (χ3n) is 4.02. The number of nitrogens with zero attached hydrogens (tertiary/aromatic N) is 3. The van der Waals surface area contributed by atoms with E-state index in [0.717, 1.165) is 21.3 Å². The number of ether oxygens (including phenoxy) is 1. The zero-order valence-corrected chi connectivity index (χ0v) is 15.3. The highest BCUT2D eigenvalue weighted by Gasteiger charge is 2.34. The van der Waals surface area contributed by atoms with E-state index in [1.54, 1.807) is 0 Å². The molecule has 7 nitrogen and oxygen atoms in total. The van der Waals surface area contributed by atoms with Crippen LogP contribution in [0.15, 0.2) is 45.1 Å². The van der Waals surface area contributed by atoms with Crippen LogP contribution in [0.5, 0.6) is 0 Å². The van der Waals surface area contributed by atoms with Gasteiger partial charge in [-0.2, -0.15) is 9.29 Å². The number of halogens is 2. The Balaban J connectivity index is 1.56. The van der Waals surface area contributed by atoms with Crippen LogP contribution in [0.3, 0.4) is 0 Å². The molecule has 27 heavy (non-hydrogen) atoms. The molecule has 3 heterocycles. The van der Waals surface area contributed by atoms with Crippen LogP contribution in [0.25, 0.3) is 10.7 Å². The maximum atomic E-state index is 13.4. The first-order chi connectivity index (χ1) is 12.9. The standard InChI is InChI=1S/C16H13F2N3O4S2/c17-11-4-3-10(8-12(11)18)27(22,23)21-5-6-24-13(9-21)16-19-15(20-25-16)14-2-1-7-26-14/h1-4,7-8,13H,5-6,9H2. The average Bonchev–Trinajstić information content (AvgIpc) is 3.35. The maximum Gasteiger partial charge on any atom is 0.257 e. The maximum absolute atomic E-state index is 13.4. The van der Waals surface area contributed by atoms with E-state index >= 15 is 0 Å². The number of aromatic nitrogens is 2. The third kappa shape index (κ3) is 3.50. The summed E-state index contributed by atoms with van der Waals surface area (Å²) < 4.78 is 63.9. The predicted molar refractivity (Wildman–Crippen MR) is 91.4 cm³/mol. The number of benzene rings is 1. The van der Waals surface area contributed by atoms with E-state index in [9.17, 15) is 17.2 Å². The highest BCUT2D eigenvalue weighted by atomic mass is 32.2. The molecule has 1 unspecified atom stereocenters. The van der Waals surface area contributed by atoms with Gasteiger partial charge in [-0.05, 0) is 29.6 Å². The van der Waals surface area contributed by atoms with E-state index < -0.39 is 27.8 Å². The van der Waals surface area contributed by atoms with Crippen LogP contribution in [0.4, 0.5) is 8.78 Å². The molecule has 2 aromatic heterocycles. The molecular formula is C16H13F2N3O4S2. The minimum Gasteiger partial charge on any atom is -0.366 e. The van der Waals surface area contributed by atoms with Crippen molar-refractivity contribution >= 4 is 21.4 Å². The number of thiophene rings is 1. The largest absolute Gasteiger partial charge is 0.366 e. The van der Waals surface area contributed by atoms with Crippen molar-refractivity contribution in [2.24, 2.45) is 0 Å². The highest BCUT2D eigenvalue weighted by molar-refractivity contribution is 7.89. The molecule has 0 spiro atoms. The minimum absolute atomic E-state index is 0.0732. The van der Waals surface area contributed by atoms with Gasteiger partial charge >= 0.3 is 0 Å². The van der Waals surface area contributed by atoms with Crippen LogP contribution in [0.2, 0.25) is 0 Å². The van der Waals surface area contributed by atoms with Crippen molar-refractivity contribution in [2.45, 2.75) is 11.0 Å². The van der Waals surface area contributed by atoms with Crippen molar-refractivity contribution in [3.05, 3.63) is 53.2 Å². The van der Waals surface area contributed by atoms with Gasteiger partial charge in [-0.3, -0.25) is 0 Å². The summed E-state index contributed by atoms with van der Waals surface area (Å²) in [5.74, 6) is -1.79. The van der Waals surface area contributed by atoms with E-state index in [0.29, 0.717) is 11.9 Å². The quantitative estimate of drug-likeness (QED) is 0.654. The first-order valence-corrected chi connectivity index (χ1v) is 10.2. The van der Waals surface area contributed by atoms with Crippen LogP contribution < -0.4 is 0 Å². The number of sulfonamides is 1. The van der Waals surface area contributed by atoms with Crippen LogP contribution >= 0.6 is 11.3 Å². The first kappa shape index (κ1) is 18.2. The molecule has 1 atom stereocenters. The Morgan fingerprint density at radius 1 is 1.22 bits per heavy atom. The zero-order valence-electron chi connectivity index (χ0n) is 13.7. The van der Waals surface area contributed by atoms with E-state index in [4.69, 9.17) is 9.26 Å². The molecular weight excluding hydrogens is 400 g/mol. The lowest BCUT2D eigenvalue weighted by molar-refractivity contribution is -0.0199. The Hall–Kier alpha value is -2.21. The van der Waals surface area contributed by atoms with Gasteiger partial charge in [0.05, 0.1) is 16.4 Å². The topological polar surface area (TPSA) is 85.5 Å². The lowest BCUT2D eigenvalue weighted by Crippen LogP contribution is -2.42. The lowest BCUT2D eigenvalue weighted by Gasteiger charge is -2.30. The van der Waals surface area contributed by atoms with Crippen LogP contribution in [-0.4, -0.2) is 42.6 Å². The molecule has 1 aliphatic rings. The van der Waals surface area contributed by atoms with E-state index in [1.807, 2.05) is 17.5 Å². The molecule has 0 amide bonds. The molecule has 3 aromatic rings. The Kier molecular flexibility index (Phi) is 4.76. The van der Waals surface area contributed by atoms with E-state index in [2.05, 4.69) is 10.1 Å². The molecule has 1 saturated heterocycles. The van der Waals surface area contributed by atoms with Gasteiger partial charge in [0, 0.05) is 13.1 Å². The number of hydrogen-bond acceptors (Lipinski definition) is 7. The van der Waals surface area contributed by atoms with Gasteiger partial charge < -0.3 is 9.26 Å². The summed E-state index contributed by atoms with van der Waals surface area (Å²) in [6.45, 7) is 0.0986. The number of morpholine rings is 1. The van der Waals surface area contributed by atoms with Crippen LogP contribution in [-0.2, 0) is 14.8 Å². The normalized spacial score (nSPS) is 18.7. The first-order valence-electron chi connectivity index (χ1n) is 7.89. The Labute approximate surface area is 157 Å². The van der Waals surface area contributed by atoms with Crippen molar-refractivity contribution in [3.63, 3.8) is 0 Å². The second kappa shape index (κ2) is 7.08. The summed E-state index contributed by atoms with van der Waals surface area (Å²) in [6.07, 6.45) is -0.750. The molecule has 1 aromatic carbocycles. The molecule has 0 radical (unpaired) electrons. The van der Waals surface area contributed by atoms with Gasteiger partial charge in [-0.15, -0.1) is 11.3 Å². The Morgan fingerprint density at radius 3 is 2.81 bits per heavy atom. The second-order valence-electron chi connectivity index (χ2n) is 5.73. The Morgan fingerprint density at radius 2 is 2.07 bits per heavy atom. The third-order valence-corrected chi connectivity index (χ3v) is 6.74. The van der Waals surface area contributed by atoms with Gasteiger partial charge in [-0.25, -0.2) is 17.2 Å². The Bertz CT molecular complexity index is 1050. The SMILES string of the molecule is O=S(=O)(c1ccc(F)c(F)c1)N1CCOC(c2nc(-c3cccs3)no2)C1. The van der Waals surface area contributed by atoms with Gasteiger partial charge in [0.1, 0.15) is 0 Å². The minimum atomic E-state index is -4.02. The van der Waals surface area contributed by atoms with E-state index in [1.165, 1.54) is 11.3 Å². The average molecular weight is 413 g/mol. The number of hydrogen-bond donors (Lipinski definition) is 0. The van der Waals surface area contributed by atoms with E-state index in [-0.39, 0.29) is 30.5 Å². The fraction of sp³-hybridized carbons (Fsp3) is 0.250. The molecule has 142 valence electrons. The molecule has 4 rings (SSSR count). The van der Waals surface area contributed by atoms with Gasteiger partial charge in [0.15, 0.2) is 17.7 Å². The van der Waals surface area contributed by atoms with Crippen LogP contribution in [0, 0.1) is 11.6 Å². The fourth-order valence-corrected chi connectivity index (χ4v) is 4.74. The zero-order chi connectivity index (χ0) is 19.0. The molecule has 1 fully saturated rings. The summed E-state index contributed by atoms with van der Waals surface area (Å²) in [5.41, 5.74) is 0. The molecule has 0 bridgehead atoms.